The first kappa shape index (κ1) is 20.8. The largest absolute Gasteiger partial charge is 0.467 e. The second kappa shape index (κ2) is 9.31. The van der Waals surface area contributed by atoms with Gasteiger partial charge in [-0.2, -0.15) is 0 Å². The average Bonchev–Trinajstić information content (AvgIpc) is 2.54. The number of ether oxygens (including phenoxy) is 2. The Morgan fingerprint density at radius 2 is 1.80 bits per heavy atom. The van der Waals surface area contributed by atoms with Crippen molar-refractivity contribution in [3.8, 4) is 0 Å². The maximum atomic E-state index is 13.2. The molecule has 0 heterocycles. The number of rotatable bonds is 7. The molecule has 0 aromatic heterocycles. The summed E-state index contributed by atoms with van der Waals surface area (Å²) in [4.78, 5) is 35.3. The van der Waals surface area contributed by atoms with Crippen LogP contribution in [0.3, 0.4) is 0 Å². The van der Waals surface area contributed by atoms with Crippen molar-refractivity contribution in [2.75, 3.05) is 13.7 Å². The molecule has 0 spiro atoms. The molecular weight excluding hydrogens is 360 g/mol. The molecule has 1 N–H and O–H groups in total. The predicted molar refractivity (Wildman–Crippen MR) is 85.1 cm³/mol. The number of carbonyl (C=O) groups is 3. The van der Waals surface area contributed by atoms with Gasteiger partial charge in [-0.15, -0.1) is 0 Å². The molecule has 1 aromatic carbocycles. The minimum atomic E-state index is -1.27. The Morgan fingerprint density at radius 3 is 2.36 bits per heavy atom. The van der Waals surface area contributed by atoms with Crippen LogP contribution in [0.2, 0.25) is 5.02 Å². The van der Waals surface area contributed by atoms with Crippen molar-refractivity contribution < 1.29 is 32.6 Å². The van der Waals surface area contributed by atoms with Crippen LogP contribution in [0.5, 0.6) is 0 Å². The Balaban J connectivity index is 2.67. The van der Waals surface area contributed by atoms with Crippen LogP contribution in [0.15, 0.2) is 12.1 Å². The summed E-state index contributed by atoms with van der Waals surface area (Å²) in [5.74, 6) is -4.86. The van der Waals surface area contributed by atoms with Gasteiger partial charge < -0.3 is 14.8 Å². The van der Waals surface area contributed by atoms with Crippen LogP contribution in [0.4, 0.5) is 8.78 Å². The zero-order valence-corrected chi connectivity index (χ0v) is 14.7. The molecule has 0 aliphatic heterocycles. The summed E-state index contributed by atoms with van der Waals surface area (Å²) in [7, 11) is 1.19. The van der Waals surface area contributed by atoms with E-state index < -0.39 is 47.7 Å². The number of methoxy groups -OCH3 is 1. The van der Waals surface area contributed by atoms with E-state index >= 15 is 0 Å². The van der Waals surface area contributed by atoms with Crippen molar-refractivity contribution in [1.29, 1.82) is 0 Å². The first-order valence-corrected chi connectivity index (χ1v) is 7.72. The molecule has 138 valence electrons. The number of esters is 2. The second-order valence-electron chi connectivity index (χ2n) is 5.60. The number of hydrogen-bond acceptors (Lipinski definition) is 5. The molecule has 1 amide bonds. The van der Waals surface area contributed by atoms with Crippen LogP contribution in [-0.2, 0) is 19.1 Å². The summed E-state index contributed by atoms with van der Waals surface area (Å²) in [6, 6.07) is 0.320. The van der Waals surface area contributed by atoms with Gasteiger partial charge in [0.1, 0.15) is 6.04 Å². The molecular formula is C16H18ClF2NO5. The maximum absolute atomic E-state index is 13.2. The van der Waals surface area contributed by atoms with Crippen molar-refractivity contribution in [2.24, 2.45) is 5.92 Å². The Bertz CT molecular complexity index is 666. The first-order chi connectivity index (χ1) is 11.6. The summed E-state index contributed by atoms with van der Waals surface area (Å²) >= 11 is 5.64. The van der Waals surface area contributed by atoms with E-state index in [-0.39, 0.29) is 10.9 Å². The molecule has 9 heteroatoms. The molecule has 0 aliphatic rings. The lowest BCUT2D eigenvalue weighted by atomic mass is 10.0. The molecule has 0 fully saturated rings. The van der Waals surface area contributed by atoms with Crippen LogP contribution >= 0.6 is 11.6 Å². The van der Waals surface area contributed by atoms with Gasteiger partial charge in [-0.1, -0.05) is 25.4 Å². The molecule has 1 atom stereocenters. The SMILES string of the molecule is COC(=O)[C@H](CC(C)C)NC(=O)COC(=O)c1cc(F)c(F)cc1Cl. The van der Waals surface area contributed by atoms with Crippen molar-refractivity contribution in [3.05, 3.63) is 34.4 Å². The van der Waals surface area contributed by atoms with Crippen LogP contribution in [-0.4, -0.2) is 37.6 Å². The van der Waals surface area contributed by atoms with E-state index in [1.165, 1.54) is 7.11 Å². The monoisotopic (exact) mass is 377 g/mol. The Morgan fingerprint density at radius 1 is 1.20 bits per heavy atom. The topological polar surface area (TPSA) is 81.7 Å². The van der Waals surface area contributed by atoms with Crippen LogP contribution in [0.25, 0.3) is 0 Å². The molecule has 0 saturated heterocycles. The molecule has 0 radical (unpaired) electrons. The van der Waals surface area contributed by atoms with Crippen LogP contribution in [0.1, 0.15) is 30.6 Å². The number of nitrogens with one attached hydrogen (secondary N) is 1. The molecule has 0 aliphatic carbocycles. The van der Waals surface area contributed by atoms with E-state index in [0.29, 0.717) is 18.6 Å². The summed E-state index contributed by atoms with van der Waals surface area (Å²) in [5.41, 5.74) is -0.417. The van der Waals surface area contributed by atoms with Crippen LogP contribution < -0.4 is 5.32 Å². The fraction of sp³-hybridized carbons (Fsp3) is 0.438. The minimum absolute atomic E-state index is 0.105. The van der Waals surface area contributed by atoms with Crippen molar-refractivity contribution >= 4 is 29.4 Å². The summed E-state index contributed by atoms with van der Waals surface area (Å²) in [5, 5.41) is 2.03. The highest BCUT2D eigenvalue weighted by atomic mass is 35.5. The lowest BCUT2D eigenvalue weighted by molar-refractivity contribution is -0.145. The smallest absolute Gasteiger partial charge is 0.340 e. The van der Waals surface area contributed by atoms with E-state index in [2.05, 4.69) is 10.1 Å². The minimum Gasteiger partial charge on any atom is -0.467 e. The van der Waals surface area contributed by atoms with Crippen molar-refractivity contribution in [3.63, 3.8) is 0 Å². The van der Waals surface area contributed by atoms with Crippen molar-refractivity contribution in [1.82, 2.24) is 5.32 Å². The zero-order chi connectivity index (χ0) is 19.1. The Labute approximate surface area is 148 Å². The van der Waals surface area contributed by atoms with Gasteiger partial charge in [0, 0.05) is 0 Å². The van der Waals surface area contributed by atoms with Gasteiger partial charge in [-0.3, -0.25) is 4.79 Å². The van der Waals surface area contributed by atoms with E-state index in [0.717, 1.165) is 0 Å². The molecule has 6 nitrogen and oxygen atoms in total. The van der Waals surface area contributed by atoms with E-state index in [4.69, 9.17) is 16.3 Å². The second-order valence-corrected chi connectivity index (χ2v) is 6.00. The summed E-state index contributed by atoms with van der Waals surface area (Å²) in [6.45, 7) is 2.99. The predicted octanol–water partition coefficient (Wildman–Crippen LogP) is 2.48. The highest BCUT2D eigenvalue weighted by Gasteiger charge is 2.23. The molecule has 1 rings (SSSR count). The lowest BCUT2D eigenvalue weighted by Gasteiger charge is -2.18. The van der Waals surface area contributed by atoms with Gasteiger partial charge >= 0.3 is 11.9 Å². The third-order valence-electron chi connectivity index (χ3n) is 3.09. The number of amides is 1. The summed E-state index contributed by atoms with van der Waals surface area (Å²) < 4.78 is 35.4. The standard InChI is InChI=1S/C16H18ClF2NO5/c1-8(2)4-13(16(23)24-3)20-14(21)7-25-15(22)9-5-11(18)12(19)6-10(9)17/h5-6,8,13H,4,7H2,1-3H3,(H,20,21)/t13-/m0/s1. The number of hydrogen-bond donors (Lipinski definition) is 1. The third kappa shape index (κ3) is 6.30. The summed E-state index contributed by atoms with van der Waals surface area (Å²) in [6.07, 6.45) is 0.335. The number of benzene rings is 1. The number of carbonyl (C=O) groups excluding carboxylic acids is 3. The van der Waals surface area contributed by atoms with E-state index in [1.807, 2.05) is 13.8 Å². The molecule has 0 unspecified atom stereocenters. The van der Waals surface area contributed by atoms with Crippen LogP contribution in [0, 0.1) is 17.6 Å². The number of halogens is 3. The van der Waals surface area contributed by atoms with Gasteiger partial charge in [0.2, 0.25) is 0 Å². The van der Waals surface area contributed by atoms with Gasteiger partial charge in [-0.05, 0) is 24.5 Å². The highest BCUT2D eigenvalue weighted by Crippen LogP contribution is 2.20. The molecule has 0 bridgehead atoms. The van der Waals surface area contributed by atoms with Gasteiger partial charge in [0.05, 0.1) is 17.7 Å². The normalized spacial score (nSPS) is 11.8. The fourth-order valence-electron chi connectivity index (χ4n) is 1.95. The average molecular weight is 378 g/mol. The van der Waals surface area contributed by atoms with Gasteiger partial charge in [-0.25, -0.2) is 18.4 Å². The zero-order valence-electron chi connectivity index (χ0n) is 13.9. The molecule has 0 saturated carbocycles. The highest BCUT2D eigenvalue weighted by molar-refractivity contribution is 6.33. The third-order valence-corrected chi connectivity index (χ3v) is 3.40. The Hall–Kier alpha value is -2.22. The maximum Gasteiger partial charge on any atom is 0.340 e. The van der Waals surface area contributed by atoms with E-state index in [1.54, 1.807) is 0 Å². The van der Waals surface area contributed by atoms with E-state index in [9.17, 15) is 23.2 Å². The lowest BCUT2D eigenvalue weighted by Crippen LogP contribution is -2.44. The van der Waals surface area contributed by atoms with Gasteiger partial charge in [0.15, 0.2) is 18.2 Å². The molecule has 1 aromatic rings. The quantitative estimate of drug-likeness (QED) is 0.583. The molecule has 25 heavy (non-hydrogen) atoms. The van der Waals surface area contributed by atoms with Gasteiger partial charge in [0.25, 0.3) is 5.91 Å². The van der Waals surface area contributed by atoms with Crippen molar-refractivity contribution in [2.45, 2.75) is 26.3 Å². The first-order valence-electron chi connectivity index (χ1n) is 7.34. The fourth-order valence-corrected chi connectivity index (χ4v) is 2.18. The Kier molecular flexibility index (Phi) is 7.76.